The minimum absolute atomic E-state index is 0.0979. The average molecular weight is 382 g/mol. The Balaban J connectivity index is 1.51. The van der Waals surface area contributed by atoms with Crippen molar-refractivity contribution in [3.05, 3.63) is 41.2 Å². The summed E-state index contributed by atoms with van der Waals surface area (Å²) in [5, 5.41) is 0. The second kappa shape index (κ2) is 7.43. The van der Waals surface area contributed by atoms with Gasteiger partial charge in [-0.15, -0.1) is 0 Å². The number of methoxy groups -OCH3 is 1. The minimum atomic E-state index is -0.463. The monoisotopic (exact) mass is 382 g/mol. The number of nitrogens with zero attached hydrogens (tertiary/aromatic N) is 6. The lowest BCUT2D eigenvalue weighted by Gasteiger charge is -2.40. The summed E-state index contributed by atoms with van der Waals surface area (Å²) < 4.78 is 4.68. The second-order valence-electron chi connectivity index (χ2n) is 7.92. The van der Waals surface area contributed by atoms with Gasteiger partial charge in [0.15, 0.2) is 5.69 Å². The predicted molar refractivity (Wildman–Crippen MR) is 104 cm³/mol. The Morgan fingerprint density at radius 2 is 2.07 bits per heavy atom. The fraction of sp³-hybridized carbons (Fsp3) is 0.550. The van der Waals surface area contributed by atoms with Crippen LogP contribution in [0.25, 0.3) is 0 Å². The van der Waals surface area contributed by atoms with Crippen LogP contribution in [0.3, 0.4) is 0 Å². The average Bonchev–Trinajstić information content (AvgIpc) is 3.05. The molecule has 1 atom stereocenters. The maximum absolute atomic E-state index is 11.5. The van der Waals surface area contributed by atoms with Crippen molar-refractivity contribution in [2.24, 2.45) is 0 Å². The summed E-state index contributed by atoms with van der Waals surface area (Å²) in [5.74, 6) is 0.316. The maximum atomic E-state index is 11.5. The molecule has 1 saturated heterocycles. The van der Waals surface area contributed by atoms with Crippen LogP contribution in [0.5, 0.6) is 0 Å². The van der Waals surface area contributed by atoms with Crippen LogP contribution in [0.1, 0.15) is 46.7 Å². The molecule has 1 fully saturated rings. The van der Waals surface area contributed by atoms with Crippen LogP contribution in [0.15, 0.2) is 18.6 Å². The molecule has 0 bridgehead atoms. The van der Waals surface area contributed by atoms with Gasteiger partial charge in [0.2, 0.25) is 5.95 Å². The van der Waals surface area contributed by atoms with E-state index in [1.54, 1.807) is 6.20 Å². The molecule has 1 aliphatic heterocycles. The molecule has 0 radical (unpaired) electrons. The van der Waals surface area contributed by atoms with Gasteiger partial charge in [-0.3, -0.25) is 9.88 Å². The molecular formula is C20H26N6O2. The van der Waals surface area contributed by atoms with Crippen molar-refractivity contribution in [3.8, 4) is 0 Å². The SMILES string of the molecule is COC(=O)c1cnc(CN2CCCC3(CCc4cnc(N(C)C)nc43)C2)cn1. The molecule has 3 heterocycles. The van der Waals surface area contributed by atoms with Crippen molar-refractivity contribution < 1.29 is 9.53 Å². The van der Waals surface area contributed by atoms with E-state index >= 15 is 0 Å². The molecule has 28 heavy (non-hydrogen) atoms. The Bertz CT molecular complexity index is 865. The molecule has 148 valence electrons. The third-order valence-electron chi connectivity index (χ3n) is 5.77. The van der Waals surface area contributed by atoms with Gasteiger partial charge in [0.05, 0.1) is 30.9 Å². The van der Waals surface area contributed by atoms with E-state index in [4.69, 9.17) is 4.98 Å². The fourth-order valence-corrected chi connectivity index (χ4v) is 4.38. The van der Waals surface area contributed by atoms with Crippen LogP contribution in [0.4, 0.5) is 5.95 Å². The molecule has 0 N–H and O–H groups in total. The van der Waals surface area contributed by atoms with Gasteiger partial charge in [-0.25, -0.2) is 19.7 Å². The van der Waals surface area contributed by atoms with Crippen molar-refractivity contribution >= 4 is 11.9 Å². The highest BCUT2D eigenvalue weighted by Crippen LogP contribution is 2.44. The largest absolute Gasteiger partial charge is 0.464 e. The molecule has 0 aromatic carbocycles. The van der Waals surface area contributed by atoms with Crippen LogP contribution in [-0.2, 0) is 23.1 Å². The summed E-state index contributed by atoms with van der Waals surface area (Å²) in [6, 6.07) is 0. The first-order valence-corrected chi connectivity index (χ1v) is 9.66. The second-order valence-corrected chi connectivity index (χ2v) is 7.92. The Morgan fingerprint density at radius 3 is 2.79 bits per heavy atom. The highest BCUT2D eigenvalue weighted by Gasteiger charge is 2.43. The lowest BCUT2D eigenvalue weighted by Crippen LogP contribution is -2.45. The molecule has 8 nitrogen and oxygen atoms in total. The molecule has 0 amide bonds. The quantitative estimate of drug-likeness (QED) is 0.737. The van der Waals surface area contributed by atoms with Crippen molar-refractivity contribution in [3.63, 3.8) is 0 Å². The van der Waals surface area contributed by atoms with Gasteiger partial charge in [-0.05, 0) is 37.8 Å². The normalized spacial score (nSPS) is 21.5. The summed E-state index contributed by atoms with van der Waals surface area (Å²) in [5.41, 5.74) is 3.71. The third kappa shape index (κ3) is 3.44. The zero-order valence-electron chi connectivity index (χ0n) is 16.7. The van der Waals surface area contributed by atoms with Gasteiger partial charge in [0, 0.05) is 38.8 Å². The van der Waals surface area contributed by atoms with Crippen LogP contribution in [-0.4, -0.2) is 65.1 Å². The number of esters is 1. The third-order valence-corrected chi connectivity index (χ3v) is 5.77. The molecule has 2 aliphatic rings. The zero-order valence-corrected chi connectivity index (χ0v) is 16.7. The molecule has 1 spiro atoms. The molecule has 2 aromatic heterocycles. The predicted octanol–water partition coefficient (Wildman–Crippen LogP) is 1.60. The number of aromatic nitrogens is 4. The first-order valence-electron chi connectivity index (χ1n) is 9.66. The molecule has 4 rings (SSSR count). The highest BCUT2D eigenvalue weighted by molar-refractivity contribution is 5.86. The van der Waals surface area contributed by atoms with E-state index in [1.165, 1.54) is 24.6 Å². The van der Waals surface area contributed by atoms with Crippen LogP contribution >= 0.6 is 0 Å². The number of carbonyl (C=O) groups excluding carboxylic acids is 1. The van der Waals surface area contributed by atoms with E-state index in [9.17, 15) is 4.79 Å². The van der Waals surface area contributed by atoms with Gasteiger partial charge >= 0.3 is 5.97 Å². The smallest absolute Gasteiger partial charge is 0.358 e. The summed E-state index contributed by atoms with van der Waals surface area (Å²) in [6.45, 7) is 2.71. The molecule has 0 saturated carbocycles. The molecule has 8 heteroatoms. The zero-order chi connectivity index (χ0) is 19.7. The summed E-state index contributed by atoms with van der Waals surface area (Å²) in [6.07, 6.45) is 9.62. The number of carbonyl (C=O) groups is 1. The summed E-state index contributed by atoms with van der Waals surface area (Å²) in [4.78, 5) is 33.9. The number of likely N-dealkylation sites (tertiary alicyclic amines) is 1. The number of piperidine rings is 1. The van der Waals surface area contributed by atoms with Crippen LogP contribution in [0.2, 0.25) is 0 Å². The summed E-state index contributed by atoms with van der Waals surface area (Å²) >= 11 is 0. The molecule has 2 aromatic rings. The molecular weight excluding hydrogens is 356 g/mol. The van der Waals surface area contributed by atoms with Gasteiger partial charge in [-0.1, -0.05) is 0 Å². The Morgan fingerprint density at radius 1 is 1.21 bits per heavy atom. The van der Waals surface area contributed by atoms with Gasteiger partial charge in [-0.2, -0.15) is 0 Å². The molecule has 1 aliphatic carbocycles. The van der Waals surface area contributed by atoms with Gasteiger partial charge < -0.3 is 9.64 Å². The lowest BCUT2D eigenvalue weighted by atomic mass is 9.77. The lowest BCUT2D eigenvalue weighted by molar-refractivity contribution is 0.0593. The Hall–Kier alpha value is -2.61. The number of fused-ring (bicyclic) bond motifs is 2. The number of hydrogen-bond acceptors (Lipinski definition) is 8. The van der Waals surface area contributed by atoms with Crippen molar-refractivity contribution in [1.29, 1.82) is 0 Å². The number of aryl methyl sites for hydroxylation is 1. The van der Waals surface area contributed by atoms with Crippen molar-refractivity contribution in [2.45, 2.75) is 37.6 Å². The van der Waals surface area contributed by atoms with E-state index in [-0.39, 0.29) is 11.1 Å². The summed E-state index contributed by atoms with van der Waals surface area (Å²) in [7, 11) is 5.30. The van der Waals surface area contributed by atoms with E-state index in [0.717, 1.165) is 57.0 Å². The van der Waals surface area contributed by atoms with Gasteiger partial charge in [0.25, 0.3) is 0 Å². The number of anilines is 1. The maximum Gasteiger partial charge on any atom is 0.358 e. The first kappa shape index (κ1) is 18.7. The number of ether oxygens (including phenoxy) is 1. The van der Waals surface area contributed by atoms with E-state index in [0.29, 0.717) is 0 Å². The molecule has 1 unspecified atom stereocenters. The first-order chi connectivity index (χ1) is 13.5. The number of hydrogen-bond donors (Lipinski definition) is 0. The van der Waals surface area contributed by atoms with Gasteiger partial charge in [0.1, 0.15) is 0 Å². The van der Waals surface area contributed by atoms with Crippen molar-refractivity contribution in [2.75, 3.05) is 39.2 Å². The van der Waals surface area contributed by atoms with Crippen LogP contribution in [0, 0.1) is 0 Å². The fourth-order valence-electron chi connectivity index (χ4n) is 4.38. The Labute approximate surface area is 165 Å². The Kier molecular flexibility index (Phi) is 4.97. The van der Waals surface area contributed by atoms with Crippen LogP contribution < -0.4 is 4.90 Å². The van der Waals surface area contributed by atoms with E-state index in [1.807, 2.05) is 25.2 Å². The standard InChI is InChI=1S/C20H26N6O2/c1-25(2)19-23-9-14-5-7-20(17(14)24-19)6-4-8-26(13-20)12-15-10-22-16(11-21-15)18(27)28-3/h9-11H,4-8,12-13H2,1-3H3. The van der Waals surface area contributed by atoms with E-state index < -0.39 is 5.97 Å². The number of rotatable bonds is 4. The van der Waals surface area contributed by atoms with Crippen molar-refractivity contribution in [1.82, 2.24) is 24.8 Å². The van der Waals surface area contributed by atoms with E-state index in [2.05, 4.69) is 24.6 Å². The topological polar surface area (TPSA) is 84.3 Å². The highest BCUT2D eigenvalue weighted by atomic mass is 16.5. The minimum Gasteiger partial charge on any atom is -0.464 e.